The first-order valence-electron chi connectivity index (χ1n) is 12.3. The fourth-order valence-corrected chi connectivity index (χ4v) is 5.02. The fraction of sp³-hybridized carbons (Fsp3) is 0.172. The van der Waals surface area contributed by atoms with Crippen molar-refractivity contribution in [2.45, 2.75) is 18.5 Å². The predicted octanol–water partition coefficient (Wildman–Crippen LogP) is 4.80. The van der Waals surface area contributed by atoms with Gasteiger partial charge in [-0.15, -0.1) is 0 Å². The number of carbonyl (C=O) groups excluding carboxylic acids is 2. The summed E-state index contributed by atoms with van der Waals surface area (Å²) in [5.41, 5.74) is 3.59. The van der Waals surface area contributed by atoms with Gasteiger partial charge in [-0.2, -0.15) is 0 Å². The Hall–Kier alpha value is -4.57. The number of amides is 1. The molecule has 10 heteroatoms. The van der Waals surface area contributed by atoms with Crippen molar-refractivity contribution in [1.82, 2.24) is 19.8 Å². The molecule has 1 amide bonds. The largest absolute Gasteiger partial charge is 0.465 e. The summed E-state index contributed by atoms with van der Waals surface area (Å²) < 4.78 is 20.1. The normalized spacial score (nSPS) is 16.6. The topological polar surface area (TPSA) is 88.5 Å². The van der Waals surface area contributed by atoms with Crippen LogP contribution in [0.5, 0.6) is 0 Å². The monoisotopic (exact) mass is 543 g/mol. The Morgan fingerprint density at radius 1 is 1.05 bits per heavy atom. The van der Waals surface area contributed by atoms with Crippen LogP contribution in [0, 0.1) is 5.82 Å². The number of methoxy groups -OCH3 is 1. The molecule has 8 nitrogen and oxygen atoms in total. The highest BCUT2D eigenvalue weighted by atomic mass is 32.1. The Morgan fingerprint density at radius 2 is 1.82 bits per heavy atom. The summed E-state index contributed by atoms with van der Waals surface area (Å²) >= 11 is 5.74. The van der Waals surface area contributed by atoms with Crippen LogP contribution in [0.2, 0.25) is 0 Å². The van der Waals surface area contributed by atoms with Crippen LogP contribution in [0.25, 0.3) is 5.69 Å². The van der Waals surface area contributed by atoms with Gasteiger partial charge in [-0.1, -0.05) is 6.07 Å². The maximum Gasteiger partial charge on any atom is 0.337 e. The standard InChI is InChI=1S/C29H26FN5O3S/c1-38-28(37)19-7-13-22(14-8-19)34-17-4-6-24(34)27-26(23-5-2-3-16-31-23)33-29(39)35(27)18-15-25(36)32-21-11-9-20(30)10-12-21/h2-14,16-17,26-27H,15,18H2,1H3,(H,32,36)(H,33,39)/t26-,27-/m0/s1. The summed E-state index contributed by atoms with van der Waals surface area (Å²) in [6.07, 6.45) is 3.85. The molecule has 0 unspecified atom stereocenters. The van der Waals surface area contributed by atoms with Gasteiger partial charge in [-0.05, 0) is 85.0 Å². The molecule has 1 saturated heterocycles. The Kier molecular flexibility index (Phi) is 7.64. The van der Waals surface area contributed by atoms with Gasteiger partial charge in [-0.3, -0.25) is 9.78 Å². The highest BCUT2D eigenvalue weighted by Crippen LogP contribution is 2.39. The summed E-state index contributed by atoms with van der Waals surface area (Å²) in [7, 11) is 1.35. The third kappa shape index (κ3) is 5.65. The number of anilines is 1. The van der Waals surface area contributed by atoms with E-state index < -0.39 is 5.97 Å². The van der Waals surface area contributed by atoms with E-state index >= 15 is 0 Å². The molecule has 2 atom stereocenters. The van der Waals surface area contributed by atoms with E-state index in [9.17, 15) is 14.0 Å². The van der Waals surface area contributed by atoms with Crippen LogP contribution in [0.4, 0.5) is 10.1 Å². The smallest absolute Gasteiger partial charge is 0.337 e. The summed E-state index contributed by atoms with van der Waals surface area (Å²) in [4.78, 5) is 31.2. The van der Waals surface area contributed by atoms with Crippen LogP contribution in [0.15, 0.2) is 91.3 Å². The molecule has 39 heavy (non-hydrogen) atoms. The van der Waals surface area contributed by atoms with Gasteiger partial charge in [0.15, 0.2) is 5.11 Å². The van der Waals surface area contributed by atoms with Gasteiger partial charge in [0.2, 0.25) is 5.91 Å². The number of pyridine rings is 1. The van der Waals surface area contributed by atoms with E-state index in [1.165, 1.54) is 31.4 Å². The number of rotatable bonds is 8. The summed E-state index contributed by atoms with van der Waals surface area (Å²) in [5.74, 6) is -0.981. The zero-order chi connectivity index (χ0) is 27.4. The van der Waals surface area contributed by atoms with Crippen molar-refractivity contribution in [3.63, 3.8) is 0 Å². The number of esters is 1. The van der Waals surface area contributed by atoms with Crippen LogP contribution in [0.3, 0.4) is 0 Å². The van der Waals surface area contributed by atoms with Crippen LogP contribution < -0.4 is 10.6 Å². The van der Waals surface area contributed by atoms with Crippen molar-refractivity contribution >= 4 is 34.9 Å². The second-order valence-corrected chi connectivity index (χ2v) is 9.35. The lowest BCUT2D eigenvalue weighted by atomic mass is 10.0. The molecule has 0 spiro atoms. The summed E-state index contributed by atoms with van der Waals surface area (Å²) in [6, 6.07) is 21.9. The van der Waals surface area contributed by atoms with Crippen molar-refractivity contribution < 1.29 is 18.7 Å². The van der Waals surface area contributed by atoms with E-state index in [0.717, 1.165) is 17.1 Å². The SMILES string of the molecule is COC(=O)c1ccc(-n2cccc2[C@H]2[C@H](c3ccccn3)NC(=S)N2CCC(=O)Nc2ccc(F)cc2)cc1. The van der Waals surface area contributed by atoms with Crippen LogP contribution >= 0.6 is 12.2 Å². The maximum absolute atomic E-state index is 13.2. The lowest BCUT2D eigenvalue weighted by Gasteiger charge is -2.29. The van der Waals surface area contributed by atoms with Crippen molar-refractivity contribution in [2.75, 3.05) is 19.0 Å². The molecule has 2 N–H and O–H groups in total. The molecule has 1 aliphatic rings. The van der Waals surface area contributed by atoms with E-state index in [1.807, 2.05) is 58.1 Å². The molecule has 1 aliphatic heterocycles. The van der Waals surface area contributed by atoms with Gasteiger partial charge >= 0.3 is 5.97 Å². The minimum atomic E-state index is -0.403. The first kappa shape index (κ1) is 26.1. The quantitative estimate of drug-likeness (QED) is 0.244. The molecule has 0 aliphatic carbocycles. The molecule has 4 aromatic rings. The average molecular weight is 544 g/mol. The van der Waals surface area contributed by atoms with E-state index in [0.29, 0.717) is 22.9 Å². The highest BCUT2D eigenvalue weighted by Gasteiger charge is 2.41. The molecule has 0 radical (unpaired) electrons. The number of nitrogens with one attached hydrogen (secondary N) is 2. The Morgan fingerprint density at radius 3 is 2.51 bits per heavy atom. The van der Waals surface area contributed by atoms with Crippen LogP contribution in [0.1, 0.15) is 40.3 Å². The molecule has 3 heterocycles. The molecule has 1 fully saturated rings. The molecule has 0 saturated carbocycles. The third-order valence-corrected chi connectivity index (χ3v) is 6.91. The minimum absolute atomic E-state index is 0.166. The molecule has 2 aromatic carbocycles. The predicted molar refractivity (Wildman–Crippen MR) is 149 cm³/mol. The first-order chi connectivity index (χ1) is 18.9. The number of hydrogen-bond acceptors (Lipinski definition) is 5. The van der Waals surface area contributed by atoms with Gasteiger partial charge in [0.1, 0.15) is 5.82 Å². The van der Waals surface area contributed by atoms with Gasteiger partial charge < -0.3 is 24.8 Å². The Balaban J connectivity index is 1.43. The van der Waals surface area contributed by atoms with Crippen molar-refractivity contribution in [2.24, 2.45) is 0 Å². The minimum Gasteiger partial charge on any atom is -0.465 e. The van der Waals surface area contributed by atoms with Gasteiger partial charge in [0.25, 0.3) is 0 Å². The van der Waals surface area contributed by atoms with Gasteiger partial charge in [0, 0.05) is 42.4 Å². The second kappa shape index (κ2) is 11.4. The Labute approximate surface area is 230 Å². The van der Waals surface area contributed by atoms with Crippen molar-refractivity contribution in [3.8, 4) is 5.69 Å². The molecular weight excluding hydrogens is 517 g/mol. The van der Waals surface area contributed by atoms with E-state index in [1.54, 1.807) is 18.3 Å². The summed E-state index contributed by atoms with van der Waals surface area (Å²) in [6.45, 7) is 0.347. The van der Waals surface area contributed by atoms with E-state index in [4.69, 9.17) is 17.0 Å². The number of aromatic nitrogens is 2. The molecule has 2 aromatic heterocycles. The number of halogens is 1. The van der Waals surface area contributed by atoms with Crippen molar-refractivity contribution in [3.05, 3.63) is 114 Å². The maximum atomic E-state index is 13.2. The number of hydrogen-bond donors (Lipinski definition) is 2. The fourth-order valence-electron chi connectivity index (χ4n) is 4.69. The molecule has 0 bridgehead atoms. The number of thiocarbonyl (C=S) groups is 1. The lowest BCUT2D eigenvalue weighted by molar-refractivity contribution is -0.116. The third-order valence-electron chi connectivity index (χ3n) is 6.56. The lowest BCUT2D eigenvalue weighted by Crippen LogP contribution is -2.33. The molecular formula is C29H26FN5O3S. The zero-order valence-electron chi connectivity index (χ0n) is 21.1. The van der Waals surface area contributed by atoms with Crippen molar-refractivity contribution in [1.29, 1.82) is 0 Å². The Bertz CT molecular complexity index is 1480. The number of nitrogens with zero attached hydrogens (tertiary/aromatic N) is 3. The van der Waals surface area contributed by atoms with E-state index in [-0.39, 0.29) is 30.2 Å². The number of carbonyl (C=O) groups is 2. The number of ether oxygens (including phenoxy) is 1. The molecule has 198 valence electrons. The summed E-state index contributed by atoms with van der Waals surface area (Å²) in [5, 5.41) is 6.71. The van der Waals surface area contributed by atoms with E-state index in [2.05, 4.69) is 15.6 Å². The van der Waals surface area contributed by atoms with Crippen LogP contribution in [-0.2, 0) is 9.53 Å². The first-order valence-corrected chi connectivity index (χ1v) is 12.7. The van der Waals surface area contributed by atoms with Gasteiger partial charge in [0.05, 0.1) is 30.5 Å². The van der Waals surface area contributed by atoms with Gasteiger partial charge in [-0.25, -0.2) is 9.18 Å². The highest BCUT2D eigenvalue weighted by molar-refractivity contribution is 7.80. The zero-order valence-corrected chi connectivity index (χ0v) is 21.9. The second-order valence-electron chi connectivity index (χ2n) is 8.97. The number of benzene rings is 2. The average Bonchev–Trinajstić information content (AvgIpc) is 3.57. The molecule has 5 rings (SSSR count). The van der Waals surface area contributed by atoms with Crippen LogP contribution in [-0.4, -0.2) is 45.1 Å².